The number of aromatic nitrogens is 2. The number of carbonyl (C=O) groups excluding carboxylic acids is 3. The molecule has 2 fully saturated rings. The van der Waals surface area contributed by atoms with Gasteiger partial charge in [0.1, 0.15) is 24.7 Å². The second kappa shape index (κ2) is 11.9. The number of hydrogen-bond donors (Lipinski definition) is 1. The smallest absolute Gasteiger partial charge is 0.407 e. The molecule has 13 heteroatoms. The Balaban J connectivity index is 1.38. The van der Waals surface area contributed by atoms with E-state index in [9.17, 15) is 19.2 Å². The third kappa shape index (κ3) is 6.40. The number of thioether (sulfide) groups is 1. The summed E-state index contributed by atoms with van der Waals surface area (Å²) < 4.78 is 16.7. The lowest BCUT2D eigenvalue weighted by atomic mass is 10.1. The average molecular weight is 543 g/mol. The first-order valence-electron chi connectivity index (χ1n) is 11.9. The van der Waals surface area contributed by atoms with Gasteiger partial charge in [-0.1, -0.05) is 12.1 Å². The minimum atomic E-state index is -0.933. The molecule has 2 saturated heterocycles. The lowest BCUT2D eigenvalue weighted by Gasteiger charge is -2.30. The fraction of sp³-hybridized carbons (Fsp3) is 0.360. The molecule has 2 aliphatic rings. The van der Waals surface area contributed by atoms with Crippen LogP contribution in [0.15, 0.2) is 35.5 Å². The lowest BCUT2D eigenvalue weighted by Crippen LogP contribution is -2.41. The highest BCUT2D eigenvalue weighted by atomic mass is 32.2. The van der Waals surface area contributed by atoms with E-state index in [4.69, 9.17) is 19.3 Å². The van der Waals surface area contributed by atoms with Crippen molar-refractivity contribution in [3.63, 3.8) is 0 Å². The van der Waals surface area contributed by atoms with Crippen LogP contribution >= 0.6 is 11.8 Å². The molecule has 4 rings (SSSR count). The van der Waals surface area contributed by atoms with Crippen LogP contribution in [0.4, 0.5) is 9.59 Å². The van der Waals surface area contributed by atoms with E-state index in [1.165, 1.54) is 11.2 Å². The van der Waals surface area contributed by atoms with Gasteiger partial charge in [0.25, 0.3) is 11.1 Å². The highest BCUT2D eigenvalue weighted by Crippen LogP contribution is 2.33. The van der Waals surface area contributed by atoms with Gasteiger partial charge in [-0.3, -0.25) is 19.3 Å². The zero-order valence-electron chi connectivity index (χ0n) is 20.8. The largest absolute Gasteiger partial charge is 0.474 e. The number of hydrogen-bond acceptors (Lipinski definition) is 10. The zero-order chi connectivity index (χ0) is 27.2. The molecule has 0 atom stereocenters. The van der Waals surface area contributed by atoms with Crippen LogP contribution in [0.25, 0.3) is 6.08 Å². The molecular formula is C25H26N4O8S. The van der Waals surface area contributed by atoms with Gasteiger partial charge in [-0.2, -0.15) is 0 Å². The molecule has 0 radical (unpaired) electrons. The average Bonchev–Trinajstić information content (AvgIpc) is 3.15. The van der Waals surface area contributed by atoms with Gasteiger partial charge in [0, 0.05) is 25.9 Å². The predicted molar refractivity (Wildman–Crippen MR) is 136 cm³/mol. The van der Waals surface area contributed by atoms with E-state index in [2.05, 4.69) is 9.97 Å². The Bertz CT molecular complexity index is 1260. The van der Waals surface area contributed by atoms with E-state index in [0.29, 0.717) is 54.6 Å². The summed E-state index contributed by atoms with van der Waals surface area (Å²) in [6.45, 7) is 3.96. The number of carboxylic acid groups (broad SMARTS) is 1. The third-order valence-electron chi connectivity index (χ3n) is 5.84. The SMILES string of the molecule is CCOC(=O)CN1C(=O)SC(=Cc2ccc(Oc3ncnc(OC4CCN(C(=O)O)CC4)c3C)cc2)C1=O. The van der Waals surface area contributed by atoms with Crippen LogP contribution in [0.3, 0.4) is 0 Å². The highest BCUT2D eigenvalue weighted by Gasteiger charge is 2.36. The van der Waals surface area contributed by atoms with E-state index in [-0.39, 0.29) is 17.6 Å². The fourth-order valence-electron chi connectivity index (χ4n) is 3.83. The fourth-order valence-corrected chi connectivity index (χ4v) is 4.67. The Labute approximate surface area is 222 Å². The van der Waals surface area contributed by atoms with Crippen molar-refractivity contribution in [2.75, 3.05) is 26.2 Å². The number of benzene rings is 1. The van der Waals surface area contributed by atoms with Crippen LogP contribution < -0.4 is 9.47 Å². The molecule has 1 aromatic carbocycles. The van der Waals surface area contributed by atoms with Gasteiger partial charge in [0.05, 0.1) is 17.1 Å². The number of imide groups is 1. The van der Waals surface area contributed by atoms with Crippen molar-refractivity contribution in [3.05, 3.63) is 46.6 Å². The molecule has 0 aliphatic carbocycles. The summed E-state index contributed by atoms with van der Waals surface area (Å²) in [7, 11) is 0. The molecule has 38 heavy (non-hydrogen) atoms. The molecular weight excluding hydrogens is 516 g/mol. The molecule has 0 unspecified atom stereocenters. The number of rotatable bonds is 8. The minimum Gasteiger partial charge on any atom is -0.474 e. The first kappa shape index (κ1) is 26.9. The van der Waals surface area contributed by atoms with Crippen molar-refractivity contribution in [2.45, 2.75) is 32.8 Å². The summed E-state index contributed by atoms with van der Waals surface area (Å²) in [5, 5.41) is 8.57. The van der Waals surface area contributed by atoms with Gasteiger partial charge in [-0.15, -0.1) is 0 Å². The Morgan fingerprint density at radius 2 is 1.82 bits per heavy atom. The maximum atomic E-state index is 12.6. The summed E-state index contributed by atoms with van der Waals surface area (Å²) in [5.74, 6) is -0.0225. The van der Waals surface area contributed by atoms with Gasteiger partial charge in [0.2, 0.25) is 11.8 Å². The van der Waals surface area contributed by atoms with Gasteiger partial charge in [-0.25, -0.2) is 14.8 Å². The van der Waals surface area contributed by atoms with Crippen molar-refractivity contribution in [2.24, 2.45) is 0 Å². The molecule has 0 saturated carbocycles. The Kier molecular flexibility index (Phi) is 8.46. The number of piperidine rings is 1. The number of esters is 1. The van der Waals surface area contributed by atoms with Crippen molar-refractivity contribution in [1.29, 1.82) is 0 Å². The van der Waals surface area contributed by atoms with Crippen molar-refractivity contribution < 1.29 is 38.5 Å². The summed E-state index contributed by atoms with van der Waals surface area (Å²) in [5.41, 5.74) is 1.27. The zero-order valence-corrected chi connectivity index (χ0v) is 21.6. The molecule has 200 valence electrons. The topological polar surface area (TPSA) is 148 Å². The van der Waals surface area contributed by atoms with Gasteiger partial charge >= 0.3 is 12.1 Å². The first-order valence-corrected chi connectivity index (χ1v) is 12.7. The van der Waals surface area contributed by atoms with Crippen LogP contribution in [0.5, 0.6) is 17.5 Å². The summed E-state index contributed by atoms with van der Waals surface area (Å²) in [4.78, 5) is 58.3. The van der Waals surface area contributed by atoms with Gasteiger partial charge in [-0.05, 0) is 49.4 Å². The number of carbonyl (C=O) groups is 4. The third-order valence-corrected chi connectivity index (χ3v) is 6.75. The number of likely N-dealkylation sites (tertiary alicyclic amines) is 1. The second-order valence-corrected chi connectivity index (χ2v) is 9.43. The molecule has 0 spiro atoms. The molecule has 1 N–H and O–H groups in total. The standard InChI is InChI=1S/C25H26N4O8S/c1-3-35-20(30)13-29-23(31)19(38-25(29)34)12-16-4-6-17(7-5-16)36-21-15(2)22(27-14-26-21)37-18-8-10-28(11-9-18)24(32)33/h4-7,12,14,18H,3,8-11,13H2,1-2H3,(H,32,33). The van der Waals surface area contributed by atoms with Crippen molar-refractivity contribution >= 4 is 41.0 Å². The number of nitrogens with zero attached hydrogens (tertiary/aromatic N) is 4. The predicted octanol–water partition coefficient (Wildman–Crippen LogP) is 3.70. The van der Waals surface area contributed by atoms with Crippen LogP contribution in [0.2, 0.25) is 0 Å². The second-order valence-electron chi connectivity index (χ2n) is 8.44. The molecule has 2 aromatic rings. The van der Waals surface area contributed by atoms with Gasteiger partial charge < -0.3 is 24.2 Å². The van der Waals surface area contributed by atoms with Crippen molar-refractivity contribution in [3.8, 4) is 17.5 Å². The van der Waals surface area contributed by atoms with Crippen LogP contribution in [-0.4, -0.2) is 80.4 Å². The lowest BCUT2D eigenvalue weighted by molar-refractivity contribution is -0.145. The number of ether oxygens (including phenoxy) is 3. The van der Waals surface area contributed by atoms with E-state index >= 15 is 0 Å². The maximum Gasteiger partial charge on any atom is 0.407 e. The van der Waals surface area contributed by atoms with Gasteiger partial charge in [0.15, 0.2) is 0 Å². The molecule has 1 aromatic heterocycles. The van der Waals surface area contributed by atoms with Crippen molar-refractivity contribution in [1.82, 2.24) is 19.8 Å². The highest BCUT2D eigenvalue weighted by molar-refractivity contribution is 8.18. The summed E-state index contributed by atoms with van der Waals surface area (Å²) in [6, 6.07) is 6.83. The van der Waals surface area contributed by atoms with E-state index in [1.807, 2.05) is 0 Å². The molecule has 3 heterocycles. The normalized spacial score (nSPS) is 17.2. The monoisotopic (exact) mass is 542 g/mol. The van der Waals surface area contributed by atoms with E-state index in [0.717, 1.165) is 16.7 Å². The number of amides is 3. The summed E-state index contributed by atoms with van der Waals surface area (Å²) >= 11 is 0.760. The van der Waals surface area contributed by atoms with Crippen LogP contribution in [-0.2, 0) is 14.3 Å². The molecule has 12 nitrogen and oxygen atoms in total. The summed E-state index contributed by atoms with van der Waals surface area (Å²) in [6.07, 6.45) is 2.95. The minimum absolute atomic E-state index is 0.157. The Morgan fingerprint density at radius 3 is 2.47 bits per heavy atom. The Hall–Kier alpha value is -4.13. The maximum absolute atomic E-state index is 12.6. The first-order chi connectivity index (χ1) is 18.2. The Morgan fingerprint density at radius 1 is 1.13 bits per heavy atom. The van der Waals surface area contributed by atoms with Crippen LogP contribution in [0, 0.1) is 6.92 Å². The molecule has 2 aliphatic heterocycles. The van der Waals surface area contributed by atoms with E-state index in [1.54, 1.807) is 44.2 Å². The molecule has 0 bridgehead atoms. The quantitative estimate of drug-likeness (QED) is 0.384. The molecule has 3 amide bonds. The van der Waals surface area contributed by atoms with E-state index < -0.39 is 29.8 Å². The van der Waals surface area contributed by atoms with Crippen LogP contribution in [0.1, 0.15) is 30.9 Å².